The smallest absolute Gasteiger partial charge is 0.321 e. The fourth-order valence-electron chi connectivity index (χ4n) is 2.50. The second kappa shape index (κ2) is 6.47. The quantitative estimate of drug-likeness (QED) is 0.899. The Hall–Kier alpha value is -1.63. The van der Waals surface area contributed by atoms with Crippen LogP contribution in [0.4, 0.5) is 14.9 Å². The molecule has 1 N–H and O–H groups in total. The lowest BCUT2D eigenvalue weighted by Gasteiger charge is -2.22. The van der Waals surface area contributed by atoms with Gasteiger partial charge in [0.1, 0.15) is 5.82 Å². The number of urea groups is 1. The lowest BCUT2D eigenvalue weighted by atomic mass is 10.1. The summed E-state index contributed by atoms with van der Waals surface area (Å²) in [7, 11) is -3.23. The normalized spacial score (nSPS) is 19.9. The molecule has 0 saturated carbocycles. The summed E-state index contributed by atoms with van der Waals surface area (Å²) >= 11 is 0. The highest BCUT2D eigenvalue weighted by Gasteiger charge is 2.37. The van der Waals surface area contributed by atoms with Gasteiger partial charge in [0.2, 0.25) is 0 Å². The first kappa shape index (κ1) is 17.7. The lowest BCUT2D eigenvalue weighted by molar-refractivity contribution is 0.214. The number of hydrogen-bond acceptors (Lipinski definition) is 3. The first-order valence-corrected chi connectivity index (χ1v) is 9.38. The lowest BCUT2D eigenvalue weighted by Crippen LogP contribution is -2.37. The molecule has 128 valence electrons. The molecule has 0 unspecified atom stereocenters. The minimum Gasteiger partial charge on any atom is -0.323 e. The third-order valence-electron chi connectivity index (χ3n) is 4.43. The van der Waals surface area contributed by atoms with E-state index in [2.05, 4.69) is 5.32 Å². The molecule has 0 radical (unpaired) electrons. The molecular formula is C16H23FN2O3S. The first-order valence-electron chi connectivity index (χ1n) is 7.73. The zero-order valence-corrected chi connectivity index (χ0v) is 14.5. The van der Waals surface area contributed by atoms with Crippen LogP contribution in [0.1, 0.15) is 32.8 Å². The summed E-state index contributed by atoms with van der Waals surface area (Å²) < 4.78 is 37.2. The molecule has 1 aliphatic rings. The zero-order chi connectivity index (χ0) is 17.3. The number of anilines is 1. The molecule has 1 fully saturated rings. The first-order chi connectivity index (χ1) is 10.7. The maximum atomic E-state index is 13.8. The maximum Gasteiger partial charge on any atom is 0.321 e. The molecule has 0 spiro atoms. The van der Waals surface area contributed by atoms with Gasteiger partial charge in [0.05, 0.1) is 10.5 Å². The third-order valence-corrected chi connectivity index (χ3v) is 7.04. The van der Waals surface area contributed by atoms with Crippen molar-refractivity contribution in [2.75, 3.05) is 24.2 Å². The fourth-order valence-corrected chi connectivity index (χ4v) is 3.91. The van der Waals surface area contributed by atoms with Crippen LogP contribution in [0.15, 0.2) is 18.2 Å². The van der Waals surface area contributed by atoms with E-state index in [1.54, 1.807) is 26.0 Å². The van der Waals surface area contributed by atoms with Gasteiger partial charge in [0.25, 0.3) is 0 Å². The summed E-state index contributed by atoms with van der Waals surface area (Å²) in [6.45, 7) is 5.72. The molecule has 1 saturated heterocycles. The third kappa shape index (κ3) is 3.83. The average molecular weight is 342 g/mol. The Morgan fingerprint density at radius 1 is 1.35 bits per heavy atom. The van der Waals surface area contributed by atoms with E-state index in [0.29, 0.717) is 30.6 Å². The van der Waals surface area contributed by atoms with E-state index in [-0.39, 0.29) is 18.1 Å². The summed E-state index contributed by atoms with van der Waals surface area (Å²) in [6, 6.07) is 4.18. The molecule has 5 nitrogen and oxygen atoms in total. The van der Waals surface area contributed by atoms with Gasteiger partial charge in [-0.25, -0.2) is 17.6 Å². The van der Waals surface area contributed by atoms with Crippen molar-refractivity contribution in [2.45, 2.75) is 38.4 Å². The van der Waals surface area contributed by atoms with Crippen LogP contribution in [-0.4, -0.2) is 42.9 Å². The van der Waals surface area contributed by atoms with Gasteiger partial charge in [0.15, 0.2) is 9.84 Å². The minimum absolute atomic E-state index is 0.0590. The van der Waals surface area contributed by atoms with Crippen LogP contribution in [-0.2, 0) is 16.3 Å². The molecule has 0 aliphatic carbocycles. The van der Waals surface area contributed by atoms with Crippen LogP contribution in [0.25, 0.3) is 0 Å². The highest BCUT2D eigenvalue weighted by Crippen LogP contribution is 2.25. The van der Waals surface area contributed by atoms with Gasteiger partial charge in [-0.15, -0.1) is 0 Å². The Kier molecular flexibility index (Phi) is 4.98. The van der Waals surface area contributed by atoms with E-state index in [9.17, 15) is 17.6 Å². The second-order valence-corrected chi connectivity index (χ2v) is 9.15. The summed E-state index contributed by atoms with van der Waals surface area (Å²) in [6.07, 6.45) is 0.963. The van der Waals surface area contributed by atoms with Gasteiger partial charge in [-0.05, 0) is 44.4 Å². The molecule has 23 heavy (non-hydrogen) atoms. The number of amides is 2. The van der Waals surface area contributed by atoms with Crippen molar-refractivity contribution in [3.63, 3.8) is 0 Å². The molecule has 1 aromatic rings. The zero-order valence-electron chi connectivity index (χ0n) is 13.7. The van der Waals surface area contributed by atoms with Crippen molar-refractivity contribution in [3.05, 3.63) is 29.6 Å². The highest BCUT2D eigenvalue weighted by molar-refractivity contribution is 7.92. The molecule has 0 bridgehead atoms. The van der Waals surface area contributed by atoms with Crippen LogP contribution in [0.2, 0.25) is 0 Å². The van der Waals surface area contributed by atoms with Crippen molar-refractivity contribution in [1.29, 1.82) is 0 Å². The van der Waals surface area contributed by atoms with Crippen LogP contribution < -0.4 is 5.32 Å². The Morgan fingerprint density at radius 3 is 2.65 bits per heavy atom. The van der Waals surface area contributed by atoms with Gasteiger partial charge >= 0.3 is 6.03 Å². The molecule has 1 aromatic carbocycles. The summed E-state index contributed by atoms with van der Waals surface area (Å²) in [5.41, 5.74) is 0.960. The van der Waals surface area contributed by atoms with E-state index in [1.165, 1.54) is 11.0 Å². The molecule has 1 aliphatic heterocycles. The standard InChI is InChI=1S/C16H23FN2O3S/c1-4-12-5-6-13(11-14(12)17)18-15(20)19-8-7-16(2,3)23(21,22)10-9-19/h5-6,11H,4,7-10H2,1-3H3,(H,18,20). The molecule has 7 heteroatoms. The Bertz CT molecular complexity index is 701. The van der Waals surface area contributed by atoms with Gasteiger partial charge < -0.3 is 10.2 Å². The molecule has 2 rings (SSSR count). The van der Waals surface area contributed by atoms with Crippen molar-refractivity contribution < 1.29 is 17.6 Å². The molecular weight excluding hydrogens is 319 g/mol. The Balaban J connectivity index is 2.08. The number of nitrogens with one attached hydrogen (secondary N) is 1. The number of sulfone groups is 1. The van der Waals surface area contributed by atoms with Crippen LogP contribution >= 0.6 is 0 Å². The van der Waals surface area contributed by atoms with Crippen LogP contribution in [0.3, 0.4) is 0 Å². The van der Waals surface area contributed by atoms with Gasteiger partial charge in [0, 0.05) is 18.8 Å². The van der Waals surface area contributed by atoms with Crippen molar-refractivity contribution in [1.82, 2.24) is 4.90 Å². The highest BCUT2D eigenvalue weighted by atomic mass is 32.2. The minimum atomic E-state index is -3.23. The SMILES string of the molecule is CCc1ccc(NC(=O)N2CCC(C)(C)S(=O)(=O)CC2)cc1F. The van der Waals surface area contributed by atoms with Crippen molar-refractivity contribution >= 4 is 21.6 Å². The predicted octanol–water partition coefficient (Wildman–Crippen LogP) is 2.82. The number of carbonyl (C=O) groups excluding carboxylic acids is 1. The molecule has 0 aromatic heterocycles. The summed E-state index contributed by atoms with van der Waals surface area (Å²) in [5.74, 6) is -0.416. The summed E-state index contributed by atoms with van der Waals surface area (Å²) in [5, 5.41) is 2.64. The molecule has 1 heterocycles. The number of halogens is 1. The van der Waals surface area contributed by atoms with Crippen LogP contribution in [0.5, 0.6) is 0 Å². The summed E-state index contributed by atoms with van der Waals surface area (Å²) in [4.78, 5) is 13.8. The van der Waals surface area contributed by atoms with E-state index in [1.807, 2.05) is 6.92 Å². The monoisotopic (exact) mass is 342 g/mol. The average Bonchev–Trinajstić information content (AvgIpc) is 2.56. The Morgan fingerprint density at radius 2 is 2.04 bits per heavy atom. The number of aryl methyl sites for hydroxylation is 1. The van der Waals surface area contributed by atoms with E-state index >= 15 is 0 Å². The predicted molar refractivity (Wildman–Crippen MR) is 88.9 cm³/mol. The van der Waals surface area contributed by atoms with E-state index in [4.69, 9.17) is 0 Å². The number of benzene rings is 1. The Labute approximate surface area is 136 Å². The number of hydrogen-bond donors (Lipinski definition) is 1. The molecule has 0 atom stereocenters. The second-order valence-electron chi connectivity index (χ2n) is 6.41. The van der Waals surface area contributed by atoms with Gasteiger partial charge in [-0.2, -0.15) is 0 Å². The number of nitrogens with zero attached hydrogens (tertiary/aromatic N) is 1. The van der Waals surface area contributed by atoms with Crippen LogP contribution in [0, 0.1) is 5.82 Å². The van der Waals surface area contributed by atoms with Gasteiger partial charge in [-0.1, -0.05) is 13.0 Å². The topological polar surface area (TPSA) is 66.5 Å². The maximum absolute atomic E-state index is 13.8. The number of rotatable bonds is 2. The van der Waals surface area contributed by atoms with Gasteiger partial charge in [-0.3, -0.25) is 0 Å². The fraction of sp³-hybridized carbons (Fsp3) is 0.562. The van der Waals surface area contributed by atoms with E-state index in [0.717, 1.165) is 0 Å². The largest absolute Gasteiger partial charge is 0.323 e. The molecule has 2 amide bonds. The van der Waals surface area contributed by atoms with E-state index < -0.39 is 20.6 Å². The van der Waals surface area contributed by atoms with Crippen molar-refractivity contribution in [3.8, 4) is 0 Å². The number of carbonyl (C=O) groups is 1. The van der Waals surface area contributed by atoms with Crippen molar-refractivity contribution in [2.24, 2.45) is 0 Å².